The van der Waals surface area contributed by atoms with Crippen molar-refractivity contribution in [3.63, 3.8) is 0 Å². The Balaban J connectivity index is 2.47. The average Bonchev–Trinajstić information content (AvgIpc) is 2.53. The summed E-state index contributed by atoms with van der Waals surface area (Å²) >= 11 is 0. The molecule has 3 heteroatoms. The number of aromatic nitrogens is 2. The number of benzene rings is 1. The van der Waals surface area contributed by atoms with Gasteiger partial charge in [-0.3, -0.25) is 4.68 Å². The maximum atomic E-state index is 5.66. The molecule has 1 aromatic carbocycles. The van der Waals surface area contributed by atoms with E-state index in [2.05, 4.69) is 11.9 Å². The van der Waals surface area contributed by atoms with E-state index in [1.807, 2.05) is 24.3 Å². The molecule has 0 aliphatic carbocycles. The molecule has 0 bridgehead atoms. The second-order valence-corrected chi connectivity index (χ2v) is 3.02. The molecule has 0 saturated heterocycles. The lowest BCUT2D eigenvalue weighted by atomic mass is 10.1. The molecule has 0 amide bonds. The molecular weight excluding hydrogens is 162 g/mol. The zero-order valence-electron chi connectivity index (χ0n) is 7.44. The highest BCUT2D eigenvalue weighted by Gasteiger charge is 2.01. The number of hydrogen-bond donors (Lipinski definition) is 1. The van der Waals surface area contributed by atoms with E-state index in [4.69, 9.17) is 5.84 Å². The first-order valence-corrected chi connectivity index (χ1v) is 4.13. The highest BCUT2D eigenvalue weighted by molar-refractivity contribution is 5.55. The minimum Gasteiger partial charge on any atom is -0.338 e. The van der Waals surface area contributed by atoms with Crippen LogP contribution >= 0.6 is 0 Å². The lowest BCUT2D eigenvalue weighted by Gasteiger charge is -2.01. The lowest BCUT2D eigenvalue weighted by molar-refractivity contribution is 1.01. The van der Waals surface area contributed by atoms with Gasteiger partial charge < -0.3 is 5.84 Å². The molecule has 1 heterocycles. The quantitative estimate of drug-likeness (QED) is 0.665. The van der Waals surface area contributed by atoms with Crippen LogP contribution in [0.5, 0.6) is 0 Å². The summed E-state index contributed by atoms with van der Waals surface area (Å²) in [5.41, 5.74) is 2.27. The second-order valence-electron chi connectivity index (χ2n) is 3.02. The second kappa shape index (κ2) is 2.94. The zero-order chi connectivity index (χ0) is 9.26. The van der Waals surface area contributed by atoms with Crippen molar-refractivity contribution in [3.05, 3.63) is 42.2 Å². The Kier molecular flexibility index (Phi) is 1.77. The lowest BCUT2D eigenvalue weighted by Crippen LogP contribution is -2.07. The molecular formula is C10H11N3. The number of nitrogens with zero attached hydrogens (tertiary/aromatic N) is 2. The van der Waals surface area contributed by atoms with Crippen LogP contribution in [0.25, 0.3) is 11.4 Å². The van der Waals surface area contributed by atoms with E-state index in [1.54, 1.807) is 12.4 Å². The Labute approximate surface area is 76.8 Å². The van der Waals surface area contributed by atoms with E-state index in [0.717, 1.165) is 11.4 Å². The van der Waals surface area contributed by atoms with Crippen molar-refractivity contribution in [2.75, 3.05) is 5.84 Å². The average molecular weight is 173 g/mol. The van der Waals surface area contributed by atoms with Gasteiger partial charge in [0.15, 0.2) is 5.82 Å². The molecule has 0 unspecified atom stereocenters. The van der Waals surface area contributed by atoms with Crippen molar-refractivity contribution in [2.24, 2.45) is 0 Å². The van der Waals surface area contributed by atoms with E-state index in [1.165, 1.54) is 10.2 Å². The molecule has 13 heavy (non-hydrogen) atoms. The summed E-state index contributed by atoms with van der Waals surface area (Å²) in [6, 6.07) is 8.12. The van der Waals surface area contributed by atoms with Gasteiger partial charge in [-0.15, -0.1) is 0 Å². The van der Waals surface area contributed by atoms with Crippen LogP contribution in [0.3, 0.4) is 0 Å². The van der Waals surface area contributed by atoms with Crippen LogP contribution in [-0.4, -0.2) is 9.66 Å². The molecule has 3 nitrogen and oxygen atoms in total. The molecule has 0 spiro atoms. The summed E-state index contributed by atoms with van der Waals surface area (Å²) in [4.78, 5) is 4.15. The molecule has 0 aliphatic rings. The van der Waals surface area contributed by atoms with Crippen molar-refractivity contribution in [3.8, 4) is 11.4 Å². The Morgan fingerprint density at radius 3 is 2.46 bits per heavy atom. The third-order valence-electron chi connectivity index (χ3n) is 1.98. The number of hydrogen-bond acceptors (Lipinski definition) is 2. The van der Waals surface area contributed by atoms with Crippen molar-refractivity contribution in [1.82, 2.24) is 9.66 Å². The van der Waals surface area contributed by atoms with Gasteiger partial charge in [-0.05, 0) is 6.92 Å². The van der Waals surface area contributed by atoms with Gasteiger partial charge in [0.05, 0.1) is 0 Å². The molecule has 0 atom stereocenters. The van der Waals surface area contributed by atoms with Crippen molar-refractivity contribution in [1.29, 1.82) is 0 Å². The van der Waals surface area contributed by atoms with E-state index in [-0.39, 0.29) is 0 Å². The maximum absolute atomic E-state index is 5.66. The van der Waals surface area contributed by atoms with Crippen LogP contribution in [0, 0.1) is 6.92 Å². The standard InChI is InChI=1S/C10H11N3/c1-8-2-4-9(5-3-8)10-12-6-7-13(10)11/h2-7H,11H2,1H3. The van der Waals surface area contributed by atoms with Gasteiger partial charge in [0, 0.05) is 18.0 Å². The van der Waals surface area contributed by atoms with Gasteiger partial charge in [-0.25, -0.2) is 4.98 Å². The van der Waals surface area contributed by atoms with Gasteiger partial charge in [0.1, 0.15) is 0 Å². The van der Waals surface area contributed by atoms with Crippen molar-refractivity contribution >= 4 is 0 Å². The van der Waals surface area contributed by atoms with E-state index < -0.39 is 0 Å². The van der Waals surface area contributed by atoms with E-state index in [9.17, 15) is 0 Å². The topological polar surface area (TPSA) is 43.8 Å². The summed E-state index contributed by atoms with van der Waals surface area (Å²) in [7, 11) is 0. The fourth-order valence-electron chi connectivity index (χ4n) is 1.24. The number of nitrogen functional groups attached to an aromatic ring is 1. The number of rotatable bonds is 1. The normalized spacial score (nSPS) is 10.2. The van der Waals surface area contributed by atoms with Gasteiger partial charge in [-0.1, -0.05) is 29.8 Å². The summed E-state index contributed by atoms with van der Waals surface area (Å²) in [6.45, 7) is 2.05. The molecule has 2 rings (SSSR count). The van der Waals surface area contributed by atoms with Crippen LogP contribution in [0.2, 0.25) is 0 Å². The fraction of sp³-hybridized carbons (Fsp3) is 0.100. The molecule has 1 aromatic heterocycles. The molecule has 0 aliphatic heterocycles. The molecule has 2 aromatic rings. The molecule has 2 N–H and O–H groups in total. The SMILES string of the molecule is Cc1ccc(-c2nccn2N)cc1. The Morgan fingerprint density at radius 2 is 1.92 bits per heavy atom. The van der Waals surface area contributed by atoms with Crippen LogP contribution < -0.4 is 5.84 Å². The van der Waals surface area contributed by atoms with E-state index in [0.29, 0.717) is 0 Å². The van der Waals surface area contributed by atoms with Gasteiger partial charge >= 0.3 is 0 Å². The Bertz CT molecular complexity index is 400. The number of nitrogens with two attached hydrogens (primary N) is 1. The minimum absolute atomic E-state index is 0.792. The predicted molar refractivity (Wildman–Crippen MR) is 52.6 cm³/mol. The number of aryl methyl sites for hydroxylation is 1. The van der Waals surface area contributed by atoms with Crippen molar-refractivity contribution < 1.29 is 0 Å². The van der Waals surface area contributed by atoms with Crippen LogP contribution in [-0.2, 0) is 0 Å². The largest absolute Gasteiger partial charge is 0.338 e. The zero-order valence-corrected chi connectivity index (χ0v) is 7.44. The predicted octanol–water partition coefficient (Wildman–Crippen LogP) is 1.57. The number of imidazole rings is 1. The fourth-order valence-corrected chi connectivity index (χ4v) is 1.24. The van der Waals surface area contributed by atoms with Gasteiger partial charge in [0.25, 0.3) is 0 Å². The molecule has 0 saturated carbocycles. The highest BCUT2D eigenvalue weighted by Crippen LogP contribution is 2.15. The van der Waals surface area contributed by atoms with Gasteiger partial charge in [-0.2, -0.15) is 0 Å². The van der Waals surface area contributed by atoms with Gasteiger partial charge in [0.2, 0.25) is 0 Å². The Hall–Kier alpha value is -1.77. The monoisotopic (exact) mass is 173 g/mol. The summed E-state index contributed by atoms with van der Waals surface area (Å²) < 4.78 is 1.52. The first kappa shape index (κ1) is 7.86. The van der Waals surface area contributed by atoms with Crippen LogP contribution in [0.4, 0.5) is 0 Å². The highest BCUT2D eigenvalue weighted by atomic mass is 15.3. The molecule has 66 valence electrons. The van der Waals surface area contributed by atoms with Crippen molar-refractivity contribution in [2.45, 2.75) is 6.92 Å². The summed E-state index contributed by atoms with van der Waals surface area (Å²) in [5.74, 6) is 6.46. The smallest absolute Gasteiger partial charge is 0.158 e. The van der Waals surface area contributed by atoms with Crippen LogP contribution in [0.15, 0.2) is 36.7 Å². The van der Waals surface area contributed by atoms with Crippen LogP contribution in [0.1, 0.15) is 5.56 Å². The molecule has 0 fully saturated rings. The first-order chi connectivity index (χ1) is 6.27. The summed E-state index contributed by atoms with van der Waals surface area (Å²) in [6.07, 6.45) is 3.42. The third kappa shape index (κ3) is 1.40. The maximum Gasteiger partial charge on any atom is 0.158 e. The summed E-state index contributed by atoms with van der Waals surface area (Å²) in [5, 5.41) is 0. The molecule has 0 radical (unpaired) electrons. The minimum atomic E-state index is 0.792. The third-order valence-corrected chi connectivity index (χ3v) is 1.98. The first-order valence-electron chi connectivity index (χ1n) is 4.13. The van der Waals surface area contributed by atoms with E-state index >= 15 is 0 Å². The Morgan fingerprint density at radius 1 is 1.23 bits per heavy atom.